The zero-order valence-corrected chi connectivity index (χ0v) is 9.87. The average Bonchev–Trinajstić information content (AvgIpc) is 2.33. The number of rotatable bonds is 4. The molecule has 0 aliphatic rings. The number of amidine groups is 1. The number of amides is 1. The normalized spacial score (nSPS) is 11.3. The van der Waals surface area contributed by atoms with Gasteiger partial charge in [0.15, 0.2) is 0 Å². The molecule has 0 aliphatic carbocycles. The number of nitrogens with zero attached hydrogens (tertiary/aromatic N) is 2. The summed E-state index contributed by atoms with van der Waals surface area (Å²) in [5.74, 6) is -0.744. The van der Waals surface area contributed by atoms with Crippen LogP contribution in [-0.2, 0) is 0 Å². The van der Waals surface area contributed by atoms with Crippen molar-refractivity contribution in [2.45, 2.75) is 6.42 Å². The van der Waals surface area contributed by atoms with Crippen LogP contribution in [0.3, 0.4) is 0 Å². The molecule has 1 aromatic rings. The number of nitrogens with two attached hydrogens (primary N) is 1. The molecule has 0 saturated heterocycles. The van der Waals surface area contributed by atoms with Gasteiger partial charge in [0.05, 0.1) is 0 Å². The summed E-state index contributed by atoms with van der Waals surface area (Å²) >= 11 is 0. The van der Waals surface area contributed by atoms with Crippen molar-refractivity contribution in [2.75, 3.05) is 13.6 Å². The van der Waals surface area contributed by atoms with Crippen molar-refractivity contribution in [1.29, 1.82) is 0 Å². The Hall–Kier alpha value is -2.44. The van der Waals surface area contributed by atoms with Gasteiger partial charge in [-0.2, -0.15) is 0 Å². The molecule has 1 aromatic carbocycles. The molecule has 0 radical (unpaired) electrons. The Morgan fingerprint density at radius 2 is 1.89 bits per heavy atom. The largest absolute Gasteiger partial charge is 0.508 e. The fourth-order valence-electron chi connectivity index (χ4n) is 1.37. The highest BCUT2D eigenvalue weighted by atomic mass is 16.4. The van der Waals surface area contributed by atoms with Gasteiger partial charge in [0.25, 0.3) is 5.91 Å². The summed E-state index contributed by atoms with van der Waals surface area (Å²) < 4.78 is 0. The SMILES string of the molecule is CN(CC/C(N)=N/O)C(=O)c1cc(O)cc(O)c1. The Balaban J connectivity index is 2.74. The quantitative estimate of drug-likeness (QED) is 0.266. The number of carbonyl (C=O) groups excluding carboxylic acids is 1. The standard InChI is InChI=1S/C11H15N3O4/c1-14(3-2-10(12)13-18)11(17)7-4-8(15)6-9(16)5-7/h4-6,15-16,18H,2-3H2,1H3,(H2,12,13). The molecule has 0 saturated carbocycles. The molecule has 0 unspecified atom stereocenters. The molecule has 5 N–H and O–H groups in total. The highest BCUT2D eigenvalue weighted by Crippen LogP contribution is 2.21. The second kappa shape index (κ2) is 5.76. The van der Waals surface area contributed by atoms with Gasteiger partial charge in [-0.05, 0) is 12.1 Å². The van der Waals surface area contributed by atoms with Crippen molar-refractivity contribution >= 4 is 11.7 Å². The number of hydrogen-bond acceptors (Lipinski definition) is 5. The summed E-state index contributed by atoms with van der Waals surface area (Å²) in [6.45, 7) is 0.255. The van der Waals surface area contributed by atoms with Gasteiger partial charge in [0.2, 0.25) is 0 Å². The lowest BCUT2D eigenvalue weighted by molar-refractivity contribution is 0.0797. The van der Waals surface area contributed by atoms with Gasteiger partial charge >= 0.3 is 0 Å². The Morgan fingerprint density at radius 3 is 2.39 bits per heavy atom. The summed E-state index contributed by atoms with van der Waals surface area (Å²) in [7, 11) is 1.54. The van der Waals surface area contributed by atoms with Crippen molar-refractivity contribution in [3.63, 3.8) is 0 Å². The molecule has 98 valence electrons. The minimum absolute atomic E-state index is 0.0217. The van der Waals surface area contributed by atoms with Gasteiger partial charge in [0.1, 0.15) is 17.3 Å². The molecular formula is C11H15N3O4. The molecular weight excluding hydrogens is 238 g/mol. The first-order chi connectivity index (χ1) is 8.43. The minimum Gasteiger partial charge on any atom is -0.508 e. The van der Waals surface area contributed by atoms with Crippen LogP contribution < -0.4 is 5.73 Å². The van der Waals surface area contributed by atoms with Crippen LogP contribution in [0.1, 0.15) is 16.8 Å². The van der Waals surface area contributed by atoms with E-state index in [-0.39, 0.29) is 41.8 Å². The van der Waals surface area contributed by atoms with E-state index in [2.05, 4.69) is 5.16 Å². The predicted octanol–water partition coefficient (Wildman–Crippen LogP) is 0.306. The van der Waals surface area contributed by atoms with E-state index in [9.17, 15) is 15.0 Å². The lowest BCUT2D eigenvalue weighted by Crippen LogP contribution is -2.30. The van der Waals surface area contributed by atoms with Gasteiger partial charge in [-0.3, -0.25) is 4.79 Å². The first kappa shape index (κ1) is 13.6. The van der Waals surface area contributed by atoms with Crippen LogP contribution in [0.2, 0.25) is 0 Å². The van der Waals surface area contributed by atoms with Crippen LogP contribution in [0.25, 0.3) is 0 Å². The van der Waals surface area contributed by atoms with Crippen LogP contribution in [0.4, 0.5) is 0 Å². The molecule has 7 nitrogen and oxygen atoms in total. The molecule has 0 heterocycles. The smallest absolute Gasteiger partial charge is 0.253 e. The van der Waals surface area contributed by atoms with Gasteiger partial charge in [-0.15, -0.1) is 0 Å². The van der Waals surface area contributed by atoms with Crippen LogP contribution >= 0.6 is 0 Å². The van der Waals surface area contributed by atoms with Crippen molar-refractivity contribution in [2.24, 2.45) is 10.9 Å². The van der Waals surface area contributed by atoms with E-state index in [1.807, 2.05) is 0 Å². The fraction of sp³-hybridized carbons (Fsp3) is 0.273. The molecule has 0 atom stereocenters. The lowest BCUT2D eigenvalue weighted by Gasteiger charge is -2.16. The van der Waals surface area contributed by atoms with E-state index in [4.69, 9.17) is 10.9 Å². The summed E-state index contributed by atoms with van der Waals surface area (Å²) in [5.41, 5.74) is 5.45. The number of phenols is 2. The highest BCUT2D eigenvalue weighted by molar-refractivity contribution is 5.95. The number of carbonyl (C=O) groups is 1. The second-order valence-corrected chi connectivity index (χ2v) is 3.81. The maximum absolute atomic E-state index is 11.9. The molecule has 1 amide bonds. The molecule has 18 heavy (non-hydrogen) atoms. The summed E-state index contributed by atoms with van der Waals surface area (Å²) in [5, 5.41) is 29.7. The molecule has 7 heteroatoms. The van der Waals surface area contributed by atoms with Gasteiger partial charge in [-0.1, -0.05) is 5.16 Å². The zero-order chi connectivity index (χ0) is 13.7. The van der Waals surface area contributed by atoms with E-state index in [1.165, 1.54) is 24.1 Å². The summed E-state index contributed by atoms with van der Waals surface area (Å²) in [6, 6.07) is 3.64. The maximum atomic E-state index is 11.9. The van der Waals surface area contributed by atoms with Crippen LogP contribution in [0.15, 0.2) is 23.4 Å². The van der Waals surface area contributed by atoms with Crippen molar-refractivity contribution in [3.05, 3.63) is 23.8 Å². The van der Waals surface area contributed by atoms with E-state index in [0.717, 1.165) is 6.07 Å². The average molecular weight is 253 g/mol. The zero-order valence-electron chi connectivity index (χ0n) is 9.87. The van der Waals surface area contributed by atoms with Crippen LogP contribution in [-0.4, -0.2) is 45.7 Å². The lowest BCUT2D eigenvalue weighted by atomic mass is 10.1. The Morgan fingerprint density at radius 1 is 1.33 bits per heavy atom. The van der Waals surface area contributed by atoms with Gasteiger partial charge < -0.3 is 26.1 Å². The topological polar surface area (TPSA) is 119 Å². The highest BCUT2D eigenvalue weighted by Gasteiger charge is 2.13. The van der Waals surface area contributed by atoms with E-state index in [1.54, 1.807) is 0 Å². The van der Waals surface area contributed by atoms with Crippen LogP contribution in [0.5, 0.6) is 11.5 Å². The first-order valence-electron chi connectivity index (χ1n) is 5.19. The molecule has 0 aliphatic heterocycles. The van der Waals surface area contributed by atoms with Gasteiger partial charge in [0, 0.05) is 31.6 Å². The number of phenolic OH excluding ortho intramolecular Hbond substituents is 2. The third-order valence-corrected chi connectivity index (χ3v) is 2.33. The van der Waals surface area contributed by atoms with Gasteiger partial charge in [-0.25, -0.2) is 0 Å². The van der Waals surface area contributed by atoms with E-state index >= 15 is 0 Å². The van der Waals surface area contributed by atoms with Crippen LogP contribution in [0, 0.1) is 0 Å². The number of benzene rings is 1. The number of aromatic hydroxyl groups is 2. The third kappa shape index (κ3) is 3.55. The Labute approximate surface area is 104 Å². The molecule has 0 spiro atoms. The van der Waals surface area contributed by atoms with Crippen molar-refractivity contribution in [3.8, 4) is 11.5 Å². The second-order valence-electron chi connectivity index (χ2n) is 3.81. The van der Waals surface area contributed by atoms with Crippen molar-refractivity contribution < 1.29 is 20.2 Å². The first-order valence-corrected chi connectivity index (χ1v) is 5.19. The molecule has 0 bridgehead atoms. The monoisotopic (exact) mass is 253 g/mol. The minimum atomic E-state index is -0.382. The maximum Gasteiger partial charge on any atom is 0.253 e. The third-order valence-electron chi connectivity index (χ3n) is 2.33. The summed E-state index contributed by atoms with van der Waals surface area (Å²) in [6.07, 6.45) is 0.226. The Kier molecular flexibility index (Phi) is 4.36. The summed E-state index contributed by atoms with van der Waals surface area (Å²) in [4.78, 5) is 13.3. The van der Waals surface area contributed by atoms with E-state index in [0.29, 0.717) is 0 Å². The Bertz CT molecular complexity index is 453. The number of hydrogen-bond donors (Lipinski definition) is 4. The number of oxime groups is 1. The predicted molar refractivity (Wildman–Crippen MR) is 64.8 cm³/mol. The van der Waals surface area contributed by atoms with E-state index < -0.39 is 0 Å². The van der Waals surface area contributed by atoms with Crippen molar-refractivity contribution in [1.82, 2.24) is 4.90 Å². The fourth-order valence-corrected chi connectivity index (χ4v) is 1.37. The molecule has 0 aromatic heterocycles. The molecule has 1 rings (SSSR count). The molecule has 0 fully saturated rings.